The van der Waals surface area contributed by atoms with Gasteiger partial charge in [0.05, 0.1) is 29.4 Å². The van der Waals surface area contributed by atoms with E-state index in [9.17, 15) is 42.3 Å². The van der Waals surface area contributed by atoms with Crippen molar-refractivity contribution in [3.63, 3.8) is 0 Å². The maximum absolute atomic E-state index is 14.9. The number of nitrogens with two attached hydrogens (primary N) is 1. The van der Waals surface area contributed by atoms with Crippen molar-refractivity contribution in [3.8, 4) is 0 Å². The van der Waals surface area contributed by atoms with E-state index >= 15 is 0 Å². The Bertz CT molecular complexity index is 1980. The average Bonchev–Trinajstić information content (AvgIpc) is 3.85. The summed E-state index contributed by atoms with van der Waals surface area (Å²) in [6, 6.07) is 2.22. The SMILES string of the molecule is CC(C)(C)C(=O)CNS(=O)(=O)c1ccc(C(=O)NC(CC2CCCCC2)C(=O)N2C[C@@H](n3nncc3C(C)(C)O)C[C@H]2C(=O)NC2(C(=O)C(N)=O)CCSCC2)cc1. The van der Waals surface area contributed by atoms with Crippen LogP contribution in [-0.4, -0.2) is 111 Å². The normalized spacial score (nSPS) is 20.9. The average molecular weight is 845 g/mol. The Morgan fingerprint density at radius 1 is 1.00 bits per heavy atom. The monoisotopic (exact) mass is 844 g/mol. The number of ketones is 2. The van der Waals surface area contributed by atoms with Gasteiger partial charge in [0.25, 0.3) is 11.8 Å². The molecule has 3 atom stereocenters. The Hall–Kier alpha value is -4.20. The zero-order valence-electron chi connectivity index (χ0n) is 33.8. The molecule has 0 radical (unpaired) electrons. The first-order chi connectivity index (χ1) is 27.1. The number of hydrogen-bond acceptors (Lipinski definition) is 12. The van der Waals surface area contributed by atoms with Crippen molar-refractivity contribution in [2.24, 2.45) is 17.1 Å². The minimum absolute atomic E-state index is 0.0228. The molecule has 1 aromatic carbocycles. The highest BCUT2D eigenvalue weighted by Crippen LogP contribution is 2.35. The van der Waals surface area contributed by atoms with Gasteiger partial charge < -0.3 is 26.4 Å². The minimum Gasteiger partial charge on any atom is -0.384 e. The quantitative estimate of drug-likeness (QED) is 0.161. The predicted molar refractivity (Wildman–Crippen MR) is 215 cm³/mol. The van der Waals surface area contributed by atoms with Crippen LogP contribution in [0.3, 0.4) is 0 Å². The Labute approximate surface area is 343 Å². The topological polar surface area (TPSA) is 253 Å². The number of aromatic nitrogens is 3. The van der Waals surface area contributed by atoms with Crippen LogP contribution in [-0.2, 0) is 39.6 Å². The molecule has 6 N–H and O–H groups in total. The number of benzene rings is 1. The molecule has 3 heterocycles. The van der Waals surface area contributed by atoms with Gasteiger partial charge in [-0.2, -0.15) is 11.8 Å². The number of likely N-dealkylation sites (tertiary alicyclic amines) is 1. The number of nitrogens with zero attached hydrogens (tertiary/aromatic N) is 4. The molecular formula is C39H56N8O9S2. The fraction of sp³-hybridized carbons (Fsp3) is 0.641. The fourth-order valence-corrected chi connectivity index (χ4v) is 10.0. The van der Waals surface area contributed by atoms with Gasteiger partial charge in [0.15, 0.2) is 5.78 Å². The summed E-state index contributed by atoms with van der Waals surface area (Å²) in [6.45, 7) is 7.74. The Morgan fingerprint density at radius 2 is 1.64 bits per heavy atom. The van der Waals surface area contributed by atoms with Gasteiger partial charge >= 0.3 is 0 Å². The molecule has 3 aliphatic rings. The second-order valence-corrected chi connectivity index (χ2v) is 20.2. The summed E-state index contributed by atoms with van der Waals surface area (Å²) in [5.41, 5.74) is 2.23. The molecule has 5 rings (SSSR count). The first kappa shape index (κ1) is 44.9. The molecule has 1 aromatic heterocycles. The number of amides is 4. The summed E-state index contributed by atoms with van der Waals surface area (Å²) in [5, 5.41) is 24.8. The van der Waals surface area contributed by atoms with Gasteiger partial charge in [-0.05, 0) is 74.8 Å². The molecule has 2 saturated heterocycles. The van der Waals surface area contributed by atoms with Gasteiger partial charge in [-0.15, -0.1) is 5.10 Å². The van der Waals surface area contributed by atoms with E-state index in [1.54, 1.807) is 46.4 Å². The van der Waals surface area contributed by atoms with Crippen LogP contribution in [0.5, 0.6) is 0 Å². The summed E-state index contributed by atoms with van der Waals surface area (Å²) in [6.07, 6.45) is 6.71. The second-order valence-electron chi connectivity index (χ2n) is 17.2. The van der Waals surface area contributed by atoms with Crippen molar-refractivity contribution >= 4 is 57.0 Å². The van der Waals surface area contributed by atoms with Crippen LogP contribution in [0.15, 0.2) is 35.4 Å². The smallest absolute Gasteiger partial charge is 0.287 e. The van der Waals surface area contributed by atoms with Crippen LogP contribution >= 0.6 is 11.8 Å². The van der Waals surface area contributed by atoms with E-state index in [4.69, 9.17) is 5.73 Å². The number of sulfonamides is 1. The van der Waals surface area contributed by atoms with E-state index in [0.717, 1.165) is 32.1 Å². The zero-order chi connectivity index (χ0) is 42.6. The molecule has 0 spiro atoms. The van der Waals surface area contributed by atoms with Crippen molar-refractivity contribution in [3.05, 3.63) is 41.7 Å². The minimum atomic E-state index is -4.08. The molecule has 2 aromatic rings. The number of rotatable bonds is 15. The molecule has 3 fully saturated rings. The van der Waals surface area contributed by atoms with Crippen molar-refractivity contribution in [2.75, 3.05) is 24.6 Å². The van der Waals surface area contributed by atoms with Crippen molar-refractivity contribution in [2.45, 2.75) is 127 Å². The molecule has 318 valence electrons. The lowest BCUT2D eigenvalue weighted by molar-refractivity contribution is -0.145. The maximum Gasteiger partial charge on any atom is 0.287 e. The maximum atomic E-state index is 14.9. The third kappa shape index (κ3) is 10.5. The lowest BCUT2D eigenvalue weighted by Crippen LogP contribution is -2.63. The number of carbonyl (C=O) groups is 6. The van der Waals surface area contributed by atoms with Gasteiger partial charge in [-0.1, -0.05) is 58.1 Å². The molecule has 19 heteroatoms. The van der Waals surface area contributed by atoms with Crippen LogP contribution < -0.4 is 21.1 Å². The van der Waals surface area contributed by atoms with E-state index in [0.29, 0.717) is 17.2 Å². The molecule has 58 heavy (non-hydrogen) atoms. The van der Waals surface area contributed by atoms with E-state index in [2.05, 4.69) is 25.7 Å². The number of carbonyl (C=O) groups excluding carboxylic acids is 6. The first-order valence-corrected chi connectivity index (χ1v) is 22.4. The number of nitrogens with one attached hydrogen (secondary N) is 3. The molecule has 0 bridgehead atoms. The third-order valence-corrected chi connectivity index (χ3v) is 13.8. The Balaban J connectivity index is 1.44. The Kier molecular flexibility index (Phi) is 13.9. The van der Waals surface area contributed by atoms with E-state index < -0.39 is 80.7 Å². The number of primary amides is 1. The molecule has 17 nitrogen and oxygen atoms in total. The highest BCUT2D eigenvalue weighted by Gasteiger charge is 2.49. The summed E-state index contributed by atoms with van der Waals surface area (Å²) in [4.78, 5) is 82.1. The van der Waals surface area contributed by atoms with Crippen molar-refractivity contribution in [1.29, 1.82) is 0 Å². The highest BCUT2D eigenvalue weighted by atomic mass is 32.2. The van der Waals surface area contributed by atoms with Crippen LogP contribution in [0.25, 0.3) is 0 Å². The summed E-state index contributed by atoms with van der Waals surface area (Å²) in [5.74, 6) is -3.15. The summed E-state index contributed by atoms with van der Waals surface area (Å²) >= 11 is 1.58. The molecule has 4 amide bonds. The van der Waals surface area contributed by atoms with Gasteiger partial charge in [0.2, 0.25) is 27.6 Å². The molecule has 1 unspecified atom stereocenters. The zero-order valence-corrected chi connectivity index (χ0v) is 35.4. The van der Waals surface area contributed by atoms with Crippen LogP contribution in [0.1, 0.15) is 114 Å². The van der Waals surface area contributed by atoms with Crippen molar-refractivity contribution in [1.82, 2.24) is 35.2 Å². The summed E-state index contributed by atoms with van der Waals surface area (Å²) < 4.78 is 29.7. The van der Waals surface area contributed by atoms with E-state index in [-0.39, 0.29) is 54.4 Å². The lowest BCUT2D eigenvalue weighted by Gasteiger charge is -2.37. The van der Waals surface area contributed by atoms with Gasteiger partial charge in [-0.3, -0.25) is 28.8 Å². The van der Waals surface area contributed by atoms with Crippen LogP contribution in [0.2, 0.25) is 0 Å². The number of aliphatic hydroxyl groups is 1. The van der Waals surface area contributed by atoms with Gasteiger partial charge in [-0.25, -0.2) is 17.8 Å². The fourth-order valence-electron chi connectivity index (χ4n) is 7.83. The first-order valence-electron chi connectivity index (χ1n) is 19.7. The number of thioether (sulfide) groups is 1. The highest BCUT2D eigenvalue weighted by molar-refractivity contribution is 7.99. The van der Waals surface area contributed by atoms with Crippen LogP contribution in [0, 0.1) is 11.3 Å². The number of Topliss-reactive ketones (excluding diaryl/α,β-unsaturated/α-hetero) is 2. The van der Waals surface area contributed by atoms with Crippen LogP contribution in [0.4, 0.5) is 0 Å². The lowest BCUT2D eigenvalue weighted by atomic mass is 9.84. The molecular weight excluding hydrogens is 789 g/mol. The number of hydrogen-bond donors (Lipinski definition) is 5. The summed E-state index contributed by atoms with van der Waals surface area (Å²) in [7, 11) is -4.08. The van der Waals surface area contributed by atoms with Gasteiger partial charge in [0.1, 0.15) is 23.2 Å². The van der Waals surface area contributed by atoms with E-state index in [1.165, 1.54) is 40.0 Å². The molecule has 1 aliphatic carbocycles. The predicted octanol–water partition coefficient (Wildman–Crippen LogP) is 1.75. The Morgan fingerprint density at radius 3 is 2.22 bits per heavy atom. The van der Waals surface area contributed by atoms with Gasteiger partial charge in [0, 0.05) is 23.9 Å². The third-order valence-electron chi connectivity index (χ3n) is 11.4. The second kappa shape index (κ2) is 18.0. The van der Waals surface area contributed by atoms with E-state index in [1.807, 2.05) is 0 Å². The van der Waals surface area contributed by atoms with Crippen molar-refractivity contribution < 1.29 is 42.3 Å². The standard InChI is InChI=1S/C39H56N8O9S2/c1-37(2,3)31(48)22-42-58(55,56)27-13-11-25(12-14-27)34(51)43-28(19-24-9-7-6-8-10-24)36(53)46-23-26(47-30(21-41-45-47)38(4,5)54)20-29(46)35(52)44-39(32(49)33(40)50)15-17-57-18-16-39/h11-14,21,24,26,28-29,42,54H,6-10,15-20,22-23H2,1-5H3,(H2,40,50)(H,43,51)(H,44,52)/t26-,28?,29-/m0/s1. The largest absolute Gasteiger partial charge is 0.384 e. The molecule has 1 saturated carbocycles. The molecule has 2 aliphatic heterocycles.